The Bertz CT molecular complexity index is 358. The summed E-state index contributed by atoms with van der Waals surface area (Å²) < 4.78 is 0. The van der Waals surface area contributed by atoms with Crippen LogP contribution in [0.2, 0.25) is 0 Å². The van der Waals surface area contributed by atoms with E-state index in [0.29, 0.717) is 0 Å². The summed E-state index contributed by atoms with van der Waals surface area (Å²) >= 11 is 0. The molecular formula is C15H21NO. The summed E-state index contributed by atoms with van der Waals surface area (Å²) in [6.07, 6.45) is 4.81. The fourth-order valence-corrected chi connectivity index (χ4v) is 1.79. The first-order chi connectivity index (χ1) is 8.20. The number of unbranched alkanes of at least 4 members (excludes halogenated alkanes) is 1. The highest BCUT2D eigenvalue weighted by molar-refractivity contribution is 5.95. The molecule has 1 aromatic carbocycles. The maximum Gasteiger partial charge on any atom is 0.233 e. The summed E-state index contributed by atoms with van der Waals surface area (Å²) in [6, 6.07) is 9.71. The van der Waals surface area contributed by atoms with Crippen molar-refractivity contribution in [3.8, 4) is 0 Å². The largest absolute Gasteiger partial charge is 0.315 e. The van der Waals surface area contributed by atoms with E-state index in [1.807, 2.05) is 37.4 Å². The van der Waals surface area contributed by atoms with Crippen LogP contribution < -0.4 is 4.90 Å². The van der Waals surface area contributed by atoms with Gasteiger partial charge in [0.15, 0.2) is 0 Å². The molecular weight excluding hydrogens is 210 g/mol. The summed E-state index contributed by atoms with van der Waals surface area (Å²) in [5.74, 6) is 0.0554. The second kappa shape index (κ2) is 6.89. The van der Waals surface area contributed by atoms with Crippen LogP contribution in [0.5, 0.6) is 0 Å². The van der Waals surface area contributed by atoms with Gasteiger partial charge in [0.25, 0.3) is 0 Å². The number of hydrogen-bond acceptors (Lipinski definition) is 1. The number of carbonyl (C=O) groups excluding carboxylic acids is 1. The molecule has 0 radical (unpaired) electrons. The summed E-state index contributed by atoms with van der Waals surface area (Å²) in [7, 11) is 1.82. The van der Waals surface area contributed by atoms with Crippen molar-refractivity contribution in [1.82, 2.24) is 0 Å². The molecule has 92 valence electrons. The van der Waals surface area contributed by atoms with Gasteiger partial charge in [-0.15, -0.1) is 6.58 Å². The molecule has 17 heavy (non-hydrogen) atoms. The van der Waals surface area contributed by atoms with E-state index in [0.717, 1.165) is 24.9 Å². The van der Waals surface area contributed by atoms with Gasteiger partial charge in [0, 0.05) is 12.7 Å². The molecule has 1 rings (SSSR count). The SMILES string of the molecule is C=CC(CCCC)C(=O)N(C)c1ccccc1. The maximum atomic E-state index is 12.2. The highest BCUT2D eigenvalue weighted by atomic mass is 16.2. The van der Waals surface area contributed by atoms with E-state index >= 15 is 0 Å². The predicted molar refractivity (Wildman–Crippen MR) is 73.1 cm³/mol. The van der Waals surface area contributed by atoms with Gasteiger partial charge in [-0.25, -0.2) is 0 Å². The number of anilines is 1. The lowest BCUT2D eigenvalue weighted by molar-refractivity contribution is -0.120. The zero-order valence-electron chi connectivity index (χ0n) is 10.7. The number of rotatable bonds is 6. The minimum absolute atomic E-state index is 0.0693. The fourth-order valence-electron chi connectivity index (χ4n) is 1.79. The van der Waals surface area contributed by atoms with Gasteiger partial charge in [-0.2, -0.15) is 0 Å². The summed E-state index contributed by atoms with van der Waals surface area (Å²) in [4.78, 5) is 13.9. The van der Waals surface area contributed by atoms with E-state index in [2.05, 4.69) is 13.5 Å². The summed E-state index contributed by atoms with van der Waals surface area (Å²) in [5, 5.41) is 0. The number of nitrogens with zero attached hydrogens (tertiary/aromatic N) is 1. The fraction of sp³-hybridized carbons (Fsp3) is 0.400. The van der Waals surface area contributed by atoms with Crippen LogP contribution in [0.3, 0.4) is 0 Å². The van der Waals surface area contributed by atoms with Gasteiger partial charge >= 0.3 is 0 Å². The van der Waals surface area contributed by atoms with Crippen molar-refractivity contribution in [2.75, 3.05) is 11.9 Å². The molecule has 1 aromatic rings. The van der Waals surface area contributed by atoms with E-state index < -0.39 is 0 Å². The molecule has 0 saturated carbocycles. The minimum atomic E-state index is -0.0693. The van der Waals surface area contributed by atoms with Crippen LogP contribution in [-0.4, -0.2) is 13.0 Å². The Morgan fingerprint density at radius 2 is 2.06 bits per heavy atom. The number of para-hydroxylation sites is 1. The van der Waals surface area contributed by atoms with E-state index in [9.17, 15) is 4.79 Å². The average molecular weight is 231 g/mol. The first kappa shape index (κ1) is 13.5. The Hall–Kier alpha value is -1.57. The van der Waals surface area contributed by atoms with Crippen molar-refractivity contribution < 1.29 is 4.79 Å². The molecule has 0 heterocycles. The predicted octanol–water partition coefficient (Wildman–Crippen LogP) is 3.64. The Kier molecular flexibility index (Phi) is 5.47. The molecule has 0 N–H and O–H groups in total. The third kappa shape index (κ3) is 3.74. The number of amides is 1. The molecule has 1 unspecified atom stereocenters. The van der Waals surface area contributed by atoms with Crippen molar-refractivity contribution in [2.24, 2.45) is 5.92 Å². The van der Waals surface area contributed by atoms with Gasteiger partial charge in [0.1, 0.15) is 0 Å². The second-order valence-electron chi connectivity index (χ2n) is 4.22. The summed E-state index contributed by atoms with van der Waals surface area (Å²) in [5.41, 5.74) is 0.931. The van der Waals surface area contributed by atoms with Gasteiger partial charge in [-0.3, -0.25) is 4.79 Å². The first-order valence-corrected chi connectivity index (χ1v) is 6.15. The van der Waals surface area contributed by atoms with Crippen molar-refractivity contribution in [2.45, 2.75) is 26.2 Å². The molecule has 2 heteroatoms. The number of benzene rings is 1. The zero-order chi connectivity index (χ0) is 12.7. The highest BCUT2D eigenvalue weighted by Gasteiger charge is 2.19. The van der Waals surface area contributed by atoms with Crippen LogP contribution >= 0.6 is 0 Å². The first-order valence-electron chi connectivity index (χ1n) is 6.15. The van der Waals surface area contributed by atoms with Gasteiger partial charge in [-0.05, 0) is 18.6 Å². The molecule has 0 saturated heterocycles. The molecule has 0 fully saturated rings. The van der Waals surface area contributed by atoms with Crippen molar-refractivity contribution in [1.29, 1.82) is 0 Å². The van der Waals surface area contributed by atoms with Crippen molar-refractivity contribution in [3.63, 3.8) is 0 Å². The number of carbonyl (C=O) groups is 1. The molecule has 0 aliphatic heterocycles. The van der Waals surface area contributed by atoms with Crippen LogP contribution in [0.1, 0.15) is 26.2 Å². The van der Waals surface area contributed by atoms with Crippen molar-refractivity contribution in [3.05, 3.63) is 43.0 Å². The Labute approximate surface area is 104 Å². The van der Waals surface area contributed by atoms with E-state index in [-0.39, 0.29) is 11.8 Å². The number of hydrogen-bond donors (Lipinski definition) is 0. The quantitative estimate of drug-likeness (QED) is 0.684. The van der Waals surface area contributed by atoms with Crippen LogP contribution in [0.25, 0.3) is 0 Å². The molecule has 0 aromatic heterocycles. The van der Waals surface area contributed by atoms with E-state index in [4.69, 9.17) is 0 Å². The van der Waals surface area contributed by atoms with Gasteiger partial charge in [0.2, 0.25) is 5.91 Å². The molecule has 0 aliphatic carbocycles. The Morgan fingerprint density at radius 3 is 2.59 bits per heavy atom. The Morgan fingerprint density at radius 1 is 1.41 bits per heavy atom. The summed E-state index contributed by atoms with van der Waals surface area (Å²) in [6.45, 7) is 5.89. The molecule has 0 aliphatic rings. The average Bonchev–Trinajstić information content (AvgIpc) is 2.39. The lowest BCUT2D eigenvalue weighted by atomic mass is 10.0. The van der Waals surface area contributed by atoms with Gasteiger partial charge < -0.3 is 4.90 Å². The van der Waals surface area contributed by atoms with Crippen LogP contribution in [0.15, 0.2) is 43.0 Å². The second-order valence-corrected chi connectivity index (χ2v) is 4.22. The topological polar surface area (TPSA) is 20.3 Å². The van der Waals surface area contributed by atoms with Crippen molar-refractivity contribution >= 4 is 11.6 Å². The molecule has 0 bridgehead atoms. The smallest absolute Gasteiger partial charge is 0.233 e. The third-order valence-electron chi connectivity index (χ3n) is 2.94. The molecule has 2 nitrogen and oxygen atoms in total. The lowest BCUT2D eigenvalue weighted by Gasteiger charge is -2.21. The molecule has 1 atom stereocenters. The van der Waals surface area contributed by atoms with E-state index in [1.165, 1.54) is 0 Å². The van der Waals surface area contributed by atoms with Crippen LogP contribution in [0, 0.1) is 5.92 Å². The highest BCUT2D eigenvalue weighted by Crippen LogP contribution is 2.18. The monoisotopic (exact) mass is 231 g/mol. The van der Waals surface area contributed by atoms with E-state index in [1.54, 1.807) is 11.0 Å². The minimum Gasteiger partial charge on any atom is -0.315 e. The molecule has 1 amide bonds. The Balaban J connectivity index is 2.71. The zero-order valence-corrected chi connectivity index (χ0v) is 10.7. The third-order valence-corrected chi connectivity index (χ3v) is 2.94. The standard InChI is InChI=1S/C15H21NO/c1-4-6-10-13(5-2)15(17)16(3)14-11-8-7-9-12-14/h5,7-9,11-13H,2,4,6,10H2,1,3H3. The van der Waals surface area contributed by atoms with Crippen LogP contribution in [0.4, 0.5) is 5.69 Å². The normalized spacial score (nSPS) is 11.9. The van der Waals surface area contributed by atoms with Gasteiger partial charge in [0.05, 0.1) is 5.92 Å². The lowest BCUT2D eigenvalue weighted by Crippen LogP contribution is -2.31. The van der Waals surface area contributed by atoms with Crippen LogP contribution in [-0.2, 0) is 4.79 Å². The maximum absolute atomic E-state index is 12.2. The molecule has 0 spiro atoms. The van der Waals surface area contributed by atoms with Gasteiger partial charge in [-0.1, -0.05) is 44.0 Å².